The van der Waals surface area contributed by atoms with Gasteiger partial charge in [-0.3, -0.25) is 9.59 Å². The predicted molar refractivity (Wildman–Crippen MR) is 177 cm³/mol. The Labute approximate surface area is 267 Å². The van der Waals surface area contributed by atoms with Crippen molar-refractivity contribution in [2.75, 3.05) is 23.8 Å². The van der Waals surface area contributed by atoms with Crippen LogP contribution in [0.3, 0.4) is 0 Å². The summed E-state index contributed by atoms with van der Waals surface area (Å²) in [5.74, 6) is 1.41. The Balaban J connectivity index is 1.31. The quantitative estimate of drug-likeness (QED) is 0.174. The summed E-state index contributed by atoms with van der Waals surface area (Å²) < 4.78 is 24.3. The Bertz CT molecular complexity index is 1730. The van der Waals surface area contributed by atoms with Gasteiger partial charge in [0.05, 0.1) is 22.5 Å². The minimum atomic E-state index is -0.383. The largest absolute Gasteiger partial charge is 0.489 e. The summed E-state index contributed by atoms with van der Waals surface area (Å²) in [6, 6.07) is 36.3. The molecule has 1 heterocycles. The Morgan fingerprint density at radius 3 is 1.24 bits per heavy atom. The van der Waals surface area contributed by atoms with Gasteiger partial charge in [0.15, 0.2) is 0 Å². The summed E-state index contributed by atoms with van der Waals surface area (Å²) in [7, 11) is 0. The second-order valence-electron chi connectivity index (χ2n) is 10.3. The van der Waals surface area contributed by atoms with Gasteiger partial charge in [-0.1, -0.05) is 72.8 Å². The van der Waals surface area contributed by atoms with E-state index in [9.17, 15) is 9.59 Å². The maximum Gasteiger partial charge on any atom is 0.259 e. The number of carbonyl (C=O) groups is 2. The van der Waals surface area contributed by atoms with Crippen molar-refractivity contribution in [3.05, 3.63) is 156 Å². The molecule has 5 aromatic carbocycles. The van der Waals surface area contributed by atoms with Gasteiger partial charge in [-0.2, -0.15) is 0 Å². The molecule has 46 heavy (non-hydrogen) atoms. The second-order valence-corrected chi connectivity index (χ2v) is 10.3. The molecular weight excluding hydrogens is 580 g/mol. The van der Waals surface area contributed by atoms with Gasteiger partial charge in [-0.05, 0) is 60.7 Å². The number of amides is 2. The lowest BCUT2D eigenvalue weighted by Crippen LogP contribution is -2.18. The molecular formula is C38H32N2O6. The summed E-state index contributed by atoms with van der Waals surface area (Å²) >= 11 is 0. The zero-order valence-electron chi connectivity index (χ0n) is 25.0. The molecule has 5 aromatic rings. The maximum atomic E-state index is 13.5. The van der Waals surface area contributed by atoms with E-state index in [-0.39, 0.29) is 25.0 Å². The van der Waals surface area contributed by atoms with Crippen LogP contribution >= 0.6 is 0 Å². The Morgan fingerprint density at radius 1 is 0.413 bits per heavy atom. The number of hydrogen-bond acceptors (Lipinski definition) is 6. The van der Waals surface area contributed by atoms with Gasteiger partial charge < -0.3 is 29.6 Å². The number of carbonyl (C=O) groups excluding carboxylic acids is 2. The molecule has 0 atom stereocenters. The molecule has 0 radical (unpaired) electrons. The lowest BCUT2D eigenvalue weighted by molar-refractivity contribution is 0.101. The Hall–Kier alpha value is -6.02. The fourth-order valence-corrected chi connectivity index (χ4v) is 4.89. The van der Waals surface area contributed by atoms with Crippen molar-refractivity contribution in [1.29, 1.82) is 0 Å². The van der Waals surface area contributed by atoms with Crippen LogP contribution < -0.4 is 29.6 Å². The molecule has 0 spiro atoms. The van der Waals surface area contributed by atoms with Crippen LogP contribution in [0.2, 0.25) is 0 Å². The van der Waals surface area contributed by atoms with E-state index in [1.165, 1.54) is 0 Å². The van der Waals surface area contributed by atoms with Crippen LogP contribution in [0.4, 0.5) is 11.4 Å². The highest BCUT2D eigenvalue weighted by Gasteiger charge is 2.18. The van der Waals surface area contributed by atoms with Gasteiger partial charge in [-0.15, -0.1) is 0 Å². The molecule has 0 bridgehead atoms. The Morgan fingerprint density at radius 2 is 0.783 bits per heavy atom. The first-order chi connectivity index (χ1) is 22.7. The van der Waals surface area contributed by atoms with Gasteiger partial charge in [0.2, 0.25) is 0 Å². The average molecular weight is 613 g/mol. The zero-order chi connectivity index (χ0) is 31.6. The van der Waals surface area contributed by atoms with E-state index in [4.69, 9.17) is 18.9 Å². The first kappa shape index (κ1) is 30.0. The first-order valence-corrected chi connectivity index (χ1v) is 14.9. The molecule has 230 valence electrons. The van der Waals surface area contributed by atoms with Crippen molar-refractivity contribution in [2.24, 2.45) is 0 Å². The highest BCUT2D eigenvalue weighted by atomic mass is 16.5. The summed E-state index contributed by atoms with van der Waals surface area (Å²) in [5.41, 5.74) is 3.22. The molecule has 0 saturated heterocycles. The van der Waals surface area contributed by atoms with Crippen molar-refractivity contribution in [3.8, 4) is 23.0 Å². The van der Waals surface area contributed by atoms with Gasteiger partial charge in [0.25, 0.3) is 11.8 Å². The number of fused-ring (bicyclic) bond motifs is 5. The molecule has 2 amide bonds. The number of hydrogen-bond donors (Lipinski definition) is 2. The van der Waals surface area contributed by atoms with Crippen LogP contribution in [0.15, 0.2) is 133 Å². The van der Waals surface area contributed by atoms with E-state index in [0.717, 1.165) is 11.1 Å². The number of anilines is 2. The van der Waals surface area contributed by atoms with Crippen LogP contribution in [0.5, 0.6) is 23.0 Å². The summed E-state index contributed by atoms with van der Waals surface area (Å²) in [4.78, 5) is 27.1. The van der Waals surface area contributed by atoms with Crippen LogP contribution in [0, 0.1) is 0 Å². The third-order valence-corrected chi connectivity index (χ3v) is 7.24. The van der Waals surface area contributed by atoms with Gasteiger partial charge >= 0.3 is 0 Å². The second kappa shape index (κ2) is 14.6. The molecule has 0 unspecified atom stereocenters. The van der Waals surface area contributed by atoms with E-state index in [1.807, 2.05) is 72.8 Å². The average Bonchev–Trinajstić information content (AvgIpc) is 3.09. The predicted octanol–water partition coefficient (Wildman–Crippen LogP) is 7.68. The van der Waals surface area contributed by atoms with Crippen LogP contribution in [-0.4, -0.2) is 25.0 Å². The van der Waals surface area contributed by atoms with E-state index < -0.39 is 0 Å². The number of ether oxygens (including phenoxy) is 4. The van der Waals surface area contributed by atoms with E-state index in [0.29, 0.717) is 58.7 Å². The monoisotopic (exact) mass is 612 g/mol. The standard InChI is InChI=1S/C38H32N2O6/c41-37-29-15-3-9-21-35(29)45-25-27-13-1-7-19-33(27)43-23-11-12-24-44-34-20-8-2-14-28(34)26-46-36-22-10-4-16-30(36)38(42)40-32-18-6-5-17-31(32)39-37/h1-22H,23-26H2,(H,39,41)(H,40,42)/b12-11-. The maximum absolute atomic E-state index is 13.5. The van der Waals surface area contributed by atoms with E-state index in [1.54, 1.807) is 60.7 Å². The van der Waals surface area contributed by atoms with Crippen molar-refractivity contribution in [2.45, 2.75) is 13.2 Å². The lowest BCUT2D eigenvalue weighted by atomic mass is 10.1. The molecule has 0 aromatic heterocycles. The molecule has 2 N–H and O–H groups in total. The molecule has 0 aliphatic carbocycles. The number of benzene rings is 5. The van der Waals surface area contributed by atoms with E-state index in [2.05, 4.69) is 10.6 Å². The molecule has 8 heteroatoms. The number of nitrogens with one attached hydrogen (secondary N) is 2. The fraction of sp³-hybridized carbons (Fsp3) is 0.105. The van der Waals surface area contributed by atoms with Crippen molar-refractivity contribution in [1.82, 2.24) is 0 Å². The normalized spacial score (nSPS) is 14.6. The zero-order valence-corrected chi connectivity index (χ0v) is 25.0. The molecule has 1 aliphatic rings. The van der Waals surface area contributed by atoms with Crippen molar-refractivity contribution in [3.63, 3.8) is 0 Å². The summed E-state index contributed by atoms with van der Waals surface area (Å²) in [5, 5.41) is 5.86. The fourth-order valence-electron chi connectivity index (χ4n) is 4.89. The van der Waals surface area contributed by atoms with Crippen molar-refractivity contribution >= 4 is 23.2 Å². The molecule has 0 fully saturated rings. The lowest BCUT2D eigenvalue weighted by Gasteiger charge is -2.17. The topological polar surface area (TPSA) is 95.1 Å². The minimum Gasteiger partial charge on any atom is -0.489 e. The van der Waals surface area contributed by atoms with Crippen molar-refractivity contribution < 1.29 is 28.5 Å². The van der Waals surface area contributed by atoms with Crippen LogP contribution in [-0.2, 0) is 13.2 Å². The van der Waals surface area contributed by atoms with Crippen LogP contribution in [0.1, 0.15) is 31.8 Å². The highest BCUT2D eigenvalue weighted by Crippen LogP contribution is 2.29. The van der Waals surface area contributed by atoms with Gasteiger partial charge in [0, 0.05) is 11.1 Å². The van der Waals surface area contributed by atoms with Gasteiger partial charge in [0.1, 0.15) is 49.4 Å². The third-order valence-electron chi connectivity index (χ3n) is 7.24. The Kier molecular flexibility index (Phi) is 9.55. The van der Waals surface area contributed by atoms with Gasteiger partial charge in [-0.25, -0.2) is 0 Å². The number of para-hydroxylation sites is 6. The molecule has 6 rings (SSSR count). The van der Waals surface area contributed by atoms with E-state index >= 15 is 0 Å². The SMILES string of the molecule is O=C1Nc2ccccc2NC(=O)c2ccccc2OCc2ccccc2OC/C=C\COc2ccccc2COc2ccccc21. The third kappa shape index (κ3) is 7.36. The summed E-state index contributed by atoms with van der Waals surface area (Å²) in [6.45, 7) is 1.06. The molecule has 8 nitrogen and oxygen atoms in total. The first-order valence-electron chi connectivity index (χ1n) is 14.9. The smallest absolute Gasteiger partial charge is 0.259 e. The number of rotatable bonds is 0. The highest BCUT2D eigenvalue weighted by molar-refractivity contribution is 6.11. The molecule has 0 saturated carbocycles. The van der Waals surface area contributed by atoms with Crippen LogP contribution in [0.25, 0.3) is 0 Å². The molecule has 1 aliphatic heterocycles. The summed E-state index contributed by atoms with van der Waals surface area (Å²) in [6.07, 6.45) is 3.78. The minimum absolute atomic E-state index is 0.193.